The average molecular weight is 350 g/mol. The summed E-state index contributed by atoms with van der Waals surface area (Å²) >= 11 is 0. The van der Waals surface area contributed by atoms with Crippen molar-refractivity contribution in [3.8, 4) is 0 Å². The molecule has 1 aliphatic heterocycles. The zero-order valence-electron chi connectivity index (χ0n) is 15.4. The summed E-state index contributed by atoms with van der Waals surface area (Å²) in [7, 11) is 0. The summed E-state index contributed by atoms with van der Waals surface area (Å²) in [4.78, 5) is 14.6. The van der Waals surface area contributed by atoms with Crippen LogP contribution >= 0.6 is 0 Å². The maximum absolute atomic E-state index is 12.3. The zero-order valence-corrected chi connectivity index (χ0v) is 15.4. The lowest BCUT2D eigenvalue weighted by Gasteiger charge is -2.29. The molecule has 0 unspecified atom stereocenters. The third-order valence-electron chi connectivity index (χ3n) is 4.71. The first-order valence-corrected chi connectivity index (χ1v) is 9.10. The predicted octanol–water partition coefficient (Wildman–Crippen LogP) is 3.72. The van der Waals surface area contributed by atoms with Gasteiger partial charge in [0.25, 0.3) is 0 Å². The van der Waals surface area contributed by atoms with Gasteiger partial charge in [-0.05, 0) is 48.7 Å². The Hall–Kier alpha value is -2.59. The minimum atomic E-state index is -0.0856. The SMILES string of the molecule is Cc1ccccc1/C=C/C(=O)N[C@@H](C)c1cccc(N2CCOCC2)c1. The van der Waals surface area contributed by atoms with E-state index in [1.54, 1.807) is 6.08 Å². The molecule has 1 fully saturated rings. The topological polar surface area (TPSA) is 41.6 Å². The molecule has 4 nitrogen and oxygen atoms in total. The van der Waals surface area contributed by atoms with Crippen LogP contribution in [-0.4, -0.2) is 32.2 Å². The van der Waals surface area contributed by atoms with E-state index in [-0.39, 0.29) is 11.9 Å². The van der Waals surface area contributed by atoms with Gasteiger partial charge in [-0.2, -0.15) is 0 Å². The fourth-order valence-corrected chi connectivity index (χ4v) is 3.10. The second-order valence-electron chi connectivity index (χ2n) is 6.61. The number of carbonyl (C=O) groups excluding carboxylic acids is 1. The Morgan fingerprint density at radius 2 is 1.92 bits per heavy atom. The van der Waals surface area contributed by atoms with Gasteiger partial charge in [0.05, 0.1) is 19.3 Å². The van der Waals surface area contributed by atoms with E-state index in [9.17, 15) is 4.79 Å². The average Bonchev–Trinajstić information content (AvgIpc) is 2.68. The molecule has 26 heavy (non-hydrogen) atoms. The molecular formula is C22H26N2O2. The van der Waals surface area contributed by atoms with E-state index in [0.29, 0.717) is 0 Å². The minimum Gasteiger partial charge on any atom is -0.378 e. The van der Waals surface area contributed by atoms with E-state index in [2.05, 4.69) is 28.4 Å². The molecule has 136 valence electrons. The molecule has 1 N–H and O–H groups in total. The number of nitrogens with zero attached hydrogens (tertiary/aromatic N) is 1. The number of carbonyl (C=O) groups is 1. The molecule has 1 aliphatic rings. The zero-order chi connectivity index (χ0) is 18.4. The summed E-state index contributed by atoms with van der Waals surface area (Å²) in [5.41, 5.74) is 4.50. The number of anilines is 1. The van der Waals surface area contributed by atoms with Crippen molar-refractivity contribution < 1.29 is 9.53 Å². The van der Waals surface area contributed by atoms with Gasteiger partial charge in [-0.25, -0.2) is 0 Å². The summed E-state index contributed by atoms with van der Waals surface area (Å²) < 4.78 is 5.42. The number of hydrogen-bond acceptors (Lipinski definition) is 3. The summed E-state index contributed by atoms with van der Waals surface area (Å²) in [6.45, 7) is 7.39. The van der Waals surface area contributed by atoms with Crippen LogP contribution in [0.15, 0.2) is 54.6 Å². The Balaban J connectivity index is 1.63. The monoisotopic (exact) mass is 350 g/mol. The van der Waals surface area contributed by atoms with Crippen molar-refractivity contribution in [2.75, 3.05) is 31.2 Å². The second-order valence-corrected chi connectivity index (χ2v) is 6.61. The van der Waals surface area contributed by atoms with Crippen LogP contribution in [0.4, 0.5) is 5.69 Å². The highest BCUT2D eigenvalue weighted by molar-refractivity contribution is 5.92. The Labute approximate surface area is 155 Å². The molecule has 2 aromatic carbocycles. The molecule has 0 aromatic heterocycles. The molecule has 3 rings (SSSR count). The van der Waals surface area contributed by atoms with Gasteiger partial charge in [0.15, 0.2) is 0 Å². The molecule has 1 amide bonds. The minimum absolute atomic E-state index is 0.0509. The van der Waals surface area contributed by atoms with Gasteiger partial charge in [-0.15, -0.1) is 0 Å². The van der Waals surface area contributed by atoms with Gasteiger partial charge >= 0.3 is 0 Å². The number of hydrogen-bond donors (Lipinski definition) is 1. The fraction of sp³-hybridized carbons (Fsp3) is 0.318. The van der Waals surface area contributed by atoms with Crippen LogP contribution in [0.3, 0.4) is 0 Å². The van der Waals surface area contributed by atoms with Crippen molar-refractivity contribution in [1.29, 1.82) is 0 Å². The Morgan fingerprint density at radius 3 is 2.69 bits per heavy atom. The highest BCUT2D eigenvalue weighted by Gasteiger charge is 2.13. The quantitative estimate of drug-likeness (QED) is 0.836. The smallest absolute Gasteiger partial charge is 0.244 e. The molecule has 1 heterocycles. The lowest BCUT2D eigenvalue weighted by molar-refractivity contribution is -0.117. The highest BCUT2D eigenvalue weighted by Crippen LogP contribution is 2.21. The van der Waals surface area contributed by atoms with Crippen LogP contribution in [-0.2, 0) is 9.53 Å². The van der Waals surface area contributed by atoms with Gasteiger partial charge in [-0.3, -0.25) is 4.79 Å². The molecule has 0 bridgehead atoms. The molecule has 1 saturated heterocycles. The van der Waals surface area contributed by atoms with Crippen molar-refractivity contribution in [2.24, 2.45) is 0 Å². The van der Waals surface area contributed by atoms with E-state index in [4.69, 9.17) is 4.74 Å². The summed E-state index contributed by atoms with van der Waals surface area (Å²) in [5.74, 6) is -0.0856. The van der Waals surface area contributed by atoms with Crippen LogP contribution in [0.5, 0.6) is 0 Å². The number of nitrogens with one attached hydrogen (secondary N) is 1. The molecule has 1 atom stereocenters. The van der Waals surface area contributed by atoms with Crippen LogP contribution in [0, 0.1) is 6.92 Å². The van der Waals surface area contributed by atoms with E-state index in [1.165, 1.54) is 5.69 Å². The Kier molecular flexibility index (Phi) is 6.08. The van der Waals surface area contributed by atoms with E-state index >= 15 is 0 Å². The summed E-state index contributed by atoms with van der Waals surface area (Å²) in [6, 6.07) is 16.3. The van der Waals surface area contributed by atoms with Crippen molar-refractivity contribution >= 4 is 17.7 Å². The van der Waals surface area contributed by atoms with Crippen molar-refractivity contribution in [3.05, 3.63) is 71.3 Å². The Bertz CT molecular complexity index is 779. The van der Waals surface area contributed by atoms with Gasteiger partial charge in [0.2, 0.25) is 5.91 Å². The van der Waals surface area contributed by atoms with E-state index < -0.39 is 0 Å². The van der Waals surface area contributed by atoms with Crippen LogP contribution in [0.1, 0.15) is 29.7 Å². The number of aryl methyl sites for hydroxylation is 1. The van der Waals surface area contributed by atoms with Crippen molar-refractivity contribution in [2.45, 2.75) is 19.9 Å². The molecular weight excluding hydrogens is 324 g/mol. The molecule has 0 radical (unpaired) electrons. The molecule has 2 aromatic rings. The van der Waals surface area contributed by atoms with Crippen LogP contribution in [0.25, 0.3) is 6.08 Å². The number of amides is 1. The largest absolute Gasteiger partial charge is 0.378 e. The first-order chi connectivity index (χ1) is 12.6. The molecule has 0 spiro atoms. The van der Waals surface area contributed by atoms with Gasteiger partial charge in [0.1, 0.15) is 0 Å². The van der Waals surface area contributed by atoms with Gasteiger partial charge in [0, 0.05) is 24.9 Å². The number of morpholine rings is 1. The predicted molar refractivity (Wildman–Crippen MR) is 106 cm³/mol. The third kappa shape index (κ3) is 4.73. The van der Waals surface area contributed by atoms with Crippen molar-refractivity contribution in [1.82, 2.24) is 5.32 Å². The number of rotatable bonds is 5. The fourth-order valence-electron chi connectivity index (χ4n) is 3.10. The van der Waals surface area contributed by atoms with Crippen LogP contribution in [0.2, 0.25) is 0 Å². The number of ether oxygens (including phenoxy) is 1. The van der Waals surface area contributed by atoms with Crippen molar-refractivity contribution in [3.63, 3.8) is 0 Å². The van der Waals surface area contributed by atoms with E-state index in [0.717, 1.165) is 43.0 Å². The maximum Gasteiger partial charge on any atom is 0.244 e. The van der Waals surface area contributed by atoms with Gasteiger partial charge < -0.3 is 15.0 Å². The molecule has 4 heteroatoms. The highest BCUT2D eigenvalue weighted by atomic mass is 16.5. The maximum atomic E-state index is 12.3. The second kappa shape index (κ2) is 8.68. The normalized spacial score (nSPS) is 15.8. The van der Waals surface area contributed by atoms with Crippen LogP contribution < -0.4 is 10.2 Å². The lowest BCUT2D eigenvalue weighted by atomic mass is 10.1. The molecule has 0 saturated carbocycles. The third-order valence-corrected chi connectivity index (χ3v) is 4.71. The lowest BCUT2D eigenvalue weighted by Crippen LogP contribution is -2.36. The summed E-state index contributed by atoms with van der Waals surface area (Å²) in [5, 5.41) is 3.05. The Morgan fingerprint density at radius 1 is 1.15 bits per heavy atom. The molecule has 0 aliphatic carbocycles. The first kappa shape index (κ1) is 18.2. The first-order valence-electron chi connectivity index (χ1n) is 9.10. The van der Waals surface area contributed by atoms with Gasteiger partial charge in [-0.1, -0.05) is 36.4 Å². The standard InChI is InChI=1S/C22H26N2O2/c1-17-6-3-4-7-19(17)10-11-22(25)23-18(2)20-8-5-9-21(16-20)24-12-14-26-15-13-24/h3-11,16,18H,12-15H2,1-2H3,(H,23,25)/b11-10+/t18-/m0/s1. The van der Waals surface area contributed by atoms with E-state index in [1.807, 2.05) is 50.3 Å². The summed E-state index contributed by atoms with van der Waals surface area (Å²) in [6.07, 6.45) is 3.46. The number of benzene rings is 2.